The second-order valence-corrected chi connectivity index (χ2v) is 6.42. The molecule has 0 aliphatic rings. The lowest BCUT2D eigenvalue weighted by atomic mass is 10.2. The summed E-state index contributed by atoms with van der Waals surface area (Å²) in [6, 6.07) is 22.6. The zero-order chi connectivity index (χ0) is 19.9. The van der Waals surface area contributed by atoms with Crippen LogP contribution in [0.2, 0.25) is 5.02 Å². The van der Waals surface area contributed by atoms with Crippen molar-refractivity contribution in [2.24, 2.45) is 0 Å². The Balaban J connectivity index is 1.54. The van der Waals surface area contributed by atoms with E-state index in [-0.39, 0.29) is 0 Å². The monoisotopic (exact) mass is 395 g/mol. The summed E-state index contributed by atoms with van der Waals surface area (Å²) in [6.07, 6.45) is -0.955. The molecule has 3 aromatic rings. The van der Waals surface area contributed by atoms with E-state index in [4.69, 9.17) is 21.1 Å². The highest BCUT2D eigenvalue weighted by Crippen LogP contribution is 2.22. The fourth-order valence-corrected chi connectivity index (χ4v) is 2.47. The Bertz CT molecular complexity index is 941. The smallest absolute Gasteiger partial charge is 0.338 e. The minimum atomic E-state index is -0.955. The molecule has 6 heteroatoms. The molecule has 3 aromatic carbocycles. The average molecular weight is 396 g/mol. The van der Waals surface area contributed by atoms with E-state index in [1.807, 2.05) is 30.3 Å². The predicted octanol–water partition coefficient (Wildman–Crippen LogP) is 5.32. The van der Waals surface area contributed by atoms with E-state index in [9.17, 15) is 9.59 Å². The third kappa shape index (κ3) is 5.34. The van der Waals surface area contributed by atoms with Crippen LogP contribution in [0, 0.1) is 0 Å². The van der Waals surface area contributed by atoms with Crippen LogP contribution < -0.4 is 10.1 Å². The highest BCUT2D eigenvalue weighted by Gasteiger charge is 2.19. The van der Waals surface area contributed by atoms with Crippen molar-refractivity contribution in [2.75, 3.05) is 5.32 Å². The van der Waals surface area contributed by atoms with Gasteiger partial charge >= 0.3 is 5.97 Å². The van der Waals surface area contributed by atoms with Crippen LogP contribution in [0.1, 0.15) is 17.3 Å². The van der Waals surface area contributed by atoms with Gasteiger partial charge in [0.15, 0.2) is 6.10 Å². The maximum absolute atomic E-state index is 12.3. The Kier molecular flexibility index (Phi) is 6.29. The summed E-state index contributed by atoms with van der Waals surface area (Å²) in [6.45, 7) is 1.51. The number of rotatable bonds is 6. The predicted molar refractivity (Wildman–Crippen MR) is 108 cm³/mol. The summed E-state index contributed by atoms with van der Waals surface area (Å²) in [5.74, 6) is 0.346. The highest BCUT2D eigenvalue weighted by atomic mass is 35.5. The van der Waals surface area contributed by atoms with Crippen molar-refractivity contribution in [3.8, 4) is 11.5 Å². The van der Waals surface area contributed by atoms with Crippen LogP contribution in [0.3, 0.4) is 0 Å². The maximum atomic E-state index is 12.3. The molecule has 3 rings (SSSR count). The molecule has 0 unspecified atom stereocenters. The largest absolute Gasteiger partial charge is 0.457 e. The quantitative estimate of drug-likeness (QED) is 0.574. The molecule has 0 saturated carbocycles. The van der Waals surface area contributed by atoms with Crippen LogP contribution in [0.25, 0.3) is 0 Å². The number of amides is 1. The van der Waals surface area contributed by atoms with Gasteiger partial charge in [0, 0.05) is 10.7 Å². The Labute approximate surface area is 167 Å². The van der Waals surface area contributed by atoms with Gasteiger partial charge in [-0.25, -0.2) is 4.79 Å². The van der Waals surface area contributed by atoms with Crippen molar-refractivity contribution in [1.82, 2.24) is 0 Å². The van der Waals surface area contributed by atoms with Gasteiger partial charge in [0.25, 0.3) is 5.91 Å². The minimum Gasteiger partial charge on any atom is -0.457 e. The first-order valence-corrected chi connectivity index (χ1v) is 8.99. The Hall–Kier alpha value is -3.31. The molecule has 0 saturated heterocycles. The van der Waals surface area contributed by atoms with Crippen molar-refractivity contribution in [2.45, 2.75) is 13.0 Å². The van der Waals surface area contributed by atoms with Gasteiger partial charge in [-0.05, 0) is 67.6 Å². The van der Waals surface area contributed by atoms with Crippen LogP contribution in [-0.4, -0.2) is 18.0 Å². The number of hydrogen-bond acceptors (Lipinski definition) is 4. The van der Waals surface area contributed by atoms with Crippen molar-refractivity contribution in [3.05, 3.63) is 89.4 Å². The van der Waals surface area contributed by atoms with E-state index in [2.05, 4.69) is 5.32 Å². The van der Waals surface area contributed by atoms with Crippen LogP contribution >= 0.6 is 11.6 Å². The zero-order valence-electron chi connectivity index (χ0n) is 15.1. The molecule has 1 amide bonds. The average Bonchev–Trinajstić information content (AvgIpc) is 2.70. The summed E-state index contributed by atoms with van der Waals surface area (Å²) in [5.41, 5.74) is 0.895. The first-order valence-electron chi connectivity index (χ1n) is 8.61. The second-order valence-electron chi connectivity index (χ2n) is 5.98. The SMILES string of the molecule is C[C@@H](OC(=O)c1ccc(Cl)cc1)C(=O)Nc1ccc(Oc2ccccc2)cc1. The molecule has 0 fully saturated rings. The molecule has 0 bridgehead atoms. The second kappa shape index (κ2) is 9.06. The van der Waals surface area contributed by atoms with Crippen molar-refractivity contribution >= 4 is 29.2 Å². The third-order valence-electron chi connectivity index (χ3n) is 3.83. The number of carbonyl (C=O) groups is 2. The molecular formula is C22H18ClNO4. The van der Waals surface area contributed by atoms with Crippen LogP contribution in [0.4, 0.5) is 5.69 Å². The van der Waals surface area contributed by atoms with Gasteiger partial charge in [0.1, 0.15) is 11.5 Å². The molecule has 0 radical (unpaired) electrons. The highest BCUT2D eigenvalue weighted by molar-refractivity contribution is 6.30. The standard InChI is InChI=1S/C22H18ClNO4/c1-15(27-22(26)16-7-9-17(23)10-8-16)21(25)24-18-11-13-20(14-12-18)28-19-5-3-2-4-6-19/h2-15H,1H3,(H,24,25)/t15-/m1/s1. The summed E-state index contributed by atoms with van der Waals surface area (Å²) in [5, 5.41) is 3.22. The number of ether oxygens (including phenoxy) is 2. The van der Waals surface area contributed by atoms with Gasteiger partial charge < -0.3 is 14.8 Å². The van der Waals surface area contributed by atoms with Gasteiger partial charge in [-0.15, -0.1) is 0 Å². The number of benzene rings is 3. The Morgan fingerprint density at radius 2 is 1.46 bits per heavy atom. The van der Waals surface area contributed by atoms with Gasteiger partial charge in [-0.2, -0.15) is 0 Å². The van der Waals surface area contributed by atoms with Crippen molar-refractivity contribution in [3.63, 3.8) is 0 Å². The minimum absolute atomic E-state index is 0.325. The van der Waals surface area contributed by atoms with Crippen molar-refractivity contribution in [1.29, 1.82) is 0 Å². The molecule has 0 spiro atoms. The van der Waals surface area contributed by atoms with E-state index < -0.39 is 18.0 Å². The molecule has 28 heavy (non-hydrogen) atoms. The number of esters is 1. The molecule has 5 nitrogen and oxygen atoms in total. The third-order valence-corrected chi connectivity index (χ3v) is 4.09. The Morgan fingerprint density at radius 1 is 0.857 bits per heavy atom. The van der Waals surface area contributed by atoms with Gasteiger partial charge in [-0.1, -0.05) is 29.8 Å². The molecular weight excluding hydrogens is 378 g/mol. The fourth-order valence-electron chi connectivity index (χ4n) is 2.34. The number of hydrogen-bond donors (Lipinski definition) is 1. The topological polar surface area (TPSA) is 64.6 Å². The first-order chi connectivity index (χ1) is 13.5. The van der Waals surface area contributed by atoms with Gasteiger partial charge in [-0.3, -0.25) is 4.79 Å². The number of anilines is 1. The lowest BCUT2D eigenvalue weighted by Gasteiger charge is -2.14. The molecule has 142 valence electrons. The number of carbonyl (C=O) groups excluding carboxylic acids is 2. The lowest BCUT2D eigenvalue weighted by Crippen LogP contribution is -2.29. The normalized spacial score (nSPS) is 11.4. The van der Waals surface area contributed by atoms with Crippen molar-refractivity contribution < 1.29 is 19.1 Å². The molecule has 0 aliphatic heterocycles. The summed E-state index contributed by atoms with van der Waals surface area (Å²) < 4.78 is 10.9. The van der Waals surface area contributed by atoms with Crippen LogP contribution in [0.15, 0.2) is 78.9 Å². The molecule has 0 aliphatic carbocycles. The lowest BCUT2D eigenvalue weighted by molar-refractivity contribution is -0.123. The number of halogens is 1. The summed E-state index contributed by atoms with van der Waals surface area (Å²) in [7, 11) is 0. The van der Waals surface area contributed by atoms with E-state index in [0.29, 0.717) is 22.0 Å². The maximum Gasteiger partial charge on any atom is 0.338 e. The molecule has 0 aromatic heterocycles. The summed E-state index contributed by atoms with van der Waals surface area (Å²) in [4.78, 5) is 24.3. The molecule has 1 atom stereocenters. The zero-order valence-corrected chi connectivity index (χ0v) is 15.8. The Morgan fingerprint density at radius 3 is 2.11 bits per heavy atom. The van der Waals surface area contributed by atoms with E-state index >= 15 is 0 Å². The van der Waals surface area contributed by atoms with E-state index in [1.165, 1.54) is 6.92 Å². The number of nitrogens with one attached hydrogen (secondary N) is 1. The van der Waals surface area contributed by atoms with Crippen LogP contribution in [-0.2, 0) is 9.53 Å². The van der Waals surface area contributed by atoms with Gasteiger partial charge in [0.05, 0.1) is 5.56 Å². The first kappa shape index (κ1) is 19.5. The van der Waals surface area contributed by atoms with Gasteiger partial charge in [0.2, 0.25) is 0 Å². The van der Waals surface area contributed by atoms with Crippen LogP contribution in [0.5, 0.6) is 11.5 Å². The van der Waals surface area contributed by atoms with E-state index in [1.54, 1.807) is 48.5 Å². The summed E-state index contributed by atoms with van der Waals surface area (Å²) >= 11 is 5.79. The number of para-hydroxylation sites is 1. The molecule has 0 heterocycles. The fraction of sp³-hybridized carbons (Fsp3) is 0.0909. The van der Waals surface area contributed by atoms with E-state index in [0.717, 1.165) is 5.75 Å². The molecule has 1 N–H and O–H groups in total.